The van der Waals surface area contributed by atoms with Crippen LogP contribution < -0.4 is 14.9 Å². The van der Waals surface area contributed by atoms with E-state index in [1.165, 1.54) is 18.3 Å². The highest BCUT2D eigenvalue weighted by atomic mass is 79.9. The summed E-state index contributed by atoms with van der Waals surface area (Å²) in [7, 11) is 0. The molecule has 0 spiro atoms. The molecule has 0 fully saturated rings. The van der Waals surface area contributed by atoms with Crippen molar-refractivity contribution in [3.8, 4) is 11.5 Å². The maximum atomic E-state index is 12.7. The second-order valence-electron chi connectivity index (χ2n) is 7.42. The second kappa shape index (κ2) is 11.7. The first-order chi connectivity index (χ1) is 17.5. The van der Waals surface area contributed by atoms with Gasteiger partial charge in [0.2, 0.25) is 0 Å². The van der Waals surface area contributed by atoms with Crippen LogP contribution in [0.3, 0.4) is 0 Å². The van der Waals surface area contributed by atoms with Crippen molar-refractivity contribution in [2.45, 2.75) is 0 Å². The number of rotatable bonds is 7. The van der Waals surface area contributed by atoms with Crippen molar-refractivity contribution in [3.63, 3.8) is 0 Å². The Balaban J connectivity index is 1.56. The van der Waals surface area contributed by atoms with Crippen LogP contribution in [-0.4, -0.2) is 24.1 Å². The maximum absolute atomic E-state index is 12.7. The molecule has 178 valence electrons. The number of hydrogen-bond acceptors (Lipinski definition) is 6. The number of benzene rings is 4. The number of hydrazone groups is 1. The molecule has 4 aromatic rings. The monoisotopic (exact) mass is 542 g/mol. The average Bonchev–Trinajstić information content (AvgIpc) is 2.90. The van der Waals surface area contributed by atoms with Crippen molar-refractivity contribution < 1.29 is 23.9 Å². The minimum atomic E-state index is -0.602. The van der Waals surface area contributed by atoms with Crippen LogP contribution in [0.15, 0.2) is 113 Å². The summed E-state index contributed by atoms with van der Waals surface area (Å²) >= 11 is 3.32. The van der Waals surface area contributed by atoms with Crippen LogP contribution in [0.1, 0.15) is 36.6 Å². The molecule has 4 rings (SSSR count). The van der Waals surface area contributed by atoms with E-state index in [-0.39, 0.29) is 11.5 Å². The molecule has 1 N–H and O–H groups in total. The molecule has 0 unspecified atom stereocenters. The molecule has 0 aliphatic heterocycles. The van der Waals surface area contributed by atoms with Gasteiger partial charge >= 0.3 is 11.9 Å². The third-order valence-electron chi connectivity index (χ3n) is 4.87. The highest BCUT2D eigenvalue weighted by Gasteiger charge is 2.15. The van der Waals surface area contributed by atoms with Crippen molar-refractivity contribution in [1.82, 2.24) is 5.43 Å². The maximum Gasteiger partial charge on any atom is 0.343 e. The molecule has 0 radical (unpaired) electrons. The number of nitrogens with one attached hydrogen (secondary N) is 1. The molecule has 0 saturated heterocycles. The van der Waals surface area contributed by atoms with E-state index in [1.54, 1.807) is 91.0 Å². The van der Waals surface area contributed by atoms with Gasteiger partial charge in [-0.15, -0.1) is 0 Å². The quantitative estimate of drug-likeness (QED) is 0.141. The lowest BCUT2D eigenvalue weighted by Gasteiger charge is -2.10. The van der Waals surface area contributed by atoms with Crippen LogP contribution >= 0.6 is 15.9 Å². The molecule has 1 amide bonds. The van der Waals surface area contributed by atoms with Gasteiger partial charge in [-0.3, -0.25) is 4.79 Å². The van der Waals surface area contributed by atoms with E-state index < -0.39 is 17.8 Å². The number of esters is 2. The van der Waals surface area contributed by atoms with E-state index >= 15 is 0 Å². The first kappa shape index (κ1) is 24.6. The summed E-state index contributed by atoms with van der Waals surface area (Å²) in [6, 6.07) is 28.3. The van der Waals surface area contributed by atoms with Crippen LogP contribution in [0.25, 0.3) is 0 Å². The Labute approximate surface area is 215 Å². The molecule has 0 aromatic heterocycles. The minimum Gasteiger partial charge on any atom is -0.423 e. The van der Waals surface area contributed by atoms with Gasteiger partial charge in [-0.1, -0.05) is 58.4 Å². The standard InChI is InChI=1S/C28H19BrN2O5/c29-23-13-7-12-21(16-23)26(32)31-30-18-22-14-15-24(35-27(33)19-8-3-1-4-9-19)17-25(22)36-28(34)20-10-5-2-6-11-20/h1-18H,(H,31,32). The van der Waals surface area contributed by atoms with Crippen molar-refractivity contribution in [2.24, 2.45) is 5.10 Å². The second-order valence-corrected chi connectivity index (χ2v) is 8.34. The van der Waals surface area contributed by atoms with Crippen molar-refractivity contribution >= 4 is 40.0 Å². The minimum absolute atomic E-state index is 0.0997. The summed E-state index contributed by atoms with van der Waals surface area (Å²) in [6.45, 7) is 0. The molecule has 0 aliphatic carbocycles. The van der Waals surface area contributed by atoms with Crippen molar-refractivity contribution in [1.29, 1.82) is 0 Å². The van der Waals surface area contributed by atoms with Gasteiger partial charge in [0.1, 0.15) is 11.5 Å². The molecule has 0 bridgehead atoms. The molecule has 0 atom stereocenters. The molecular formula is C28H19BrN2O5. The molecule has 0 aliphatic rings. The highest BCUT2D eigenvalue weighted by Crippen LogP contribution is 2.26. The molecule has 8 heteroatoms. The zero-order valence-electron chi connectivity index (χ0n) is 18.8. The third kappa shape index (κ3) is 6.52. The number of ether oxygens (including phenoxy) is 2. The van der Waals surface area contributed by atoms with Crippen molar-refractivity contribution in [2.75, 3.05) is 0 Å². The molecular weight excluding hydrogens is 524 g/mol. The van der Waals surface area contributed by atoms with E-state index in [0.717, 1.165) is 4.47 Å². The summed E-state index contributed by atoms with van der Waals surface area (Å²) in [6.07, 6.45) is 1.34. The number of carbonyl (C=O) groups excluding carboxylic acids is 3. The Kier molecular flexibility index (Phi) is 8.00. The predicted octanol–water partition coefficient (Wildman–Crippen LogP) is 5.65. The number of nitrogens with zero attached hydrogens (tertiary/aromatic N) is 1. The highest BCUT2D eigenvalue weighted by molar-refractivity contribution is 9.10. The fourth-order valence-electron chi connectivity index (χ4n) is 3.10. The number of amides is 1. The van der Waals surface area contributed by atoms with E-state index in [4.69, 9.17) is 9.47 Å². The van der Waals surface area contributed by atoms with Gasteiger partial charge in [-0.05, 0) is 54.6 Å². The Hall–Kier alpha value is -4.56. The summed E-state index contributed by atoms with van der Waals surface area (Å²) in [4.78, 5) is 37.5. The van der Waals surface area contributed by atoms with Gasteiger partial charge in [0.05, 0.1) is 17.3 Å². The first-order valence-electron chi connectivity index (χ1n) is 10.8. The molecule has 0 heterocycles. The van der Waals surface area contributed by atoms with E-state index in [1.807, 2.05) is 0 Å². The van der Waals surface area contributed by atoms with Crippen molar-refractivity contribution in [3.05, 3.63) is 130 Å². The number of hydrogen-bond donors (Lipinski definition) is 1. The van der Waals surface area contributed by atoms with Crippen LogP contribution in [0, 0.1) is 0 Å². The Morgan fingerprint density at radius 1 is 0.694 bits per heavy atom. The lowest BCUT2D eigenvalue weighted by molar-refractivity contribution is 0.0732. The molecule has 36 heavy (non-hydrogen) atoms. The normalized spacial score (nSPS) is 10.6. The first-order valence-corrected chi connectivity index (χ1v) is 11.6. The number of halogens is 1. The largest absolute Gasteiger partial charge is 0.423 e. The van der Waals surface area contributed by atoms with E-state index in [0.29, 0.717) is 22.3 Å². The summed E-state index contributed by atoms with van der Waals surface area (Å²) in [5.74, 6) is -1.30. The Morgan fingerprint density at radius 3 is 1.94 bits per heavy atom. The predicted molar refractivity (Wildman–Crippen MR) is 138 cm³/mol. The lowest BCUT2D eigenvalue weighted by Crippen LogP contribution is -2.17. The van der Waals surface area contributed by atoms with Gasteiger partial charge in [-0.25, -0.2) is 15.0 Å². The van der Waals surface area contributed by atoms with Crippen LogP contribution in [0.4, 0.5) is 0 Å². The molecule has 4 aromatic carbocycles. The molecule has 7 nitrogen and oxygen atoms in total. The number of carbonyl (C=O) groups is 3. The zero-order chi connectivity index (χ0) is 25.3. The topological polar surface area (TPSA) is 94.1 Å². The fourth-order valence-corrected chi connectivity index (χ4v) is 3.50. The van der Waals surface area contributed by atoms with Gasteiger partial charge in [-0.2, -0.15) is 5.10 Å². The summed E-state index contributed by atoms with van der Waals surface area (Å²) in [5, 5.41) is 3.99. The Bertz CT molecular complexity index is 1420. The van der Waals surface area contributed by atoms with Gasteiger partial charge in [0.15, 0.2) is 0 Å². The van der Waals surface area contributed by atoms with Crippen LogP contribution in [0.5, 0.6) is 11.5 Å². The van der Waals surface area contributed by atoms with Gasteiger partial charge < -0.3 is 9.47 Å². The third-order valence-corrected chi connectivity index (χ3v) is 5.37. The lowest BCUT2D eigenvalue weighted by atomic mass is 10.2. The van der Waals surface area contributed by atoms with Gasteiger partial charge in [0, 0.05) is 21.7 Å². The van der Waals surface area contributed by atoms with E-state index in [9.17, 15) is 14.4 Å². The summed E-state index contributed by atoms with van der Waals surface area (Å²) in [5.41, 5.74) is 3.96. The van der Waals surface area contributed by atoms with Gasteiger partial charge in [0.25, 0.3) is 5.91 Å². The summed E-state index contributed by atoms with van der Waals surface area (Å²) < 4.78 is 11.8. The fraction of sp³-hybridized carbons (Fsp3) is 0. The zero-order valence-corrected chi connectivity index (χ0v) is 20.3. The SMILES string of the molecule is O=C(NN=Cc1ccc(OC(=O)c2ccccc2)cc1OC(=O)c1ccccc1)c1cccc(Br)c1. The van der Waals surface area contributed by atoms with Crippen LogP contribution in [0.2, 0.25) is 0 Å². The molecule has 0 saturated carbocycles. The average molecular weight is 543 g/mol. The van der Waals surface area contributed by atoms with E-state index in [2.05, 4.69) is 26.5 Å². The Morgan fingerprint density at radius 2 is 1.31 bits per heavy atom. The van der Waals surface area contributed by atoms with Crippen LogP contribution in [-0.2, 0) is 0 Å². The smallest absolute Gasteiger partial charge is 0.343 e.